The molecular formula is C17H26N4O3S. The van der Waals surface area contributed by atoms with Crippen LogP contribution in [-0.4, -0.2) is 52.7 Å². The van der Waals surface area contributed by atoms with Crippen molar-refractivity contribution in [1.82, 2.24) is 19.7 Å². The predicted octanol–water partition coefficient (Wildman–Crippen LogP) is 2.27. The summed E-state index contributed by atoms with van der Waals surface area (Å²) in [7, 11) is -0.932. The van der Waals surface area contributed by atoms with Crippen molar-refractivity contribution < 1.29 is 12.8 Å². The minimum atomic E-state index is -2.89. The van der Waals surface area contributed by atoms with Crippen molar-refractivity contribution in [1.29, 1.82) is 0 Å². The summed E-state index contributed by atoms with van der Waals surface area (Å²) in [5.41, 5.74) is 0. The van der Waals surface area contributed by atoms with Gasteiger partial charge in [-0.05, 0) is 38.9 Å². The van der Waals surface area contributed by atoms with Gasteiger partial charge in [0.1, 0.15) is 11.6 Å². The van der Waals surface area contributed by atoms with Crippen LogP contribution < -0.4 is 0 Å². The molecule has 0 unspecified atom stereocenters. The Morgan fingerprint density at radius 2 is 2.20 bits per heavy atom. The first-order valence-electron chi connectivity index (χ1n) is 8.79. The second kappa shape index (κ2) is 7.29. The van der Waals surface area contributed by atoms with Crippen molar-refractivity contribution in [3.05, 3.63) is 23.7 Å². The first kappa shape index (κ1) is 18.1. The molecule has 3 heterocycles. The third kappa shape index (κ3) is 4.30. The predicted molar refractivity (Wildman–Crippen MR) is 95.9 cm³/mol. The van der Waals surface area contributed by atoms with Crippen LogP contribution >= 0.6 is 0 Å². The third-order valence-electron chi connectivity index (χ3n) is 4.66. The molecule has 0 amide bonds. The van der Waals surface area contributed by atoms with Crippen molar-refractivity contribution >= 4 is 9.84 Å². The van der Waals surface area contributed by atoms with Gasteiger partial charge in [-0.1, -0.05) is 13.3 Å². The topological polar surface area (TPSA) is 81.2 Å². The molecule has 1 aliphatic rings. The number of furan rings is 1. The fraction of sp³-hybridized carbons (Fsp3) is 0.647. The Morgan fingerprint density at radius 1 is 1.40 bits per heavy atom. The molecule has 25 heavy (non-hydrogen) atoms. The van der Waals surface area contributed by atoms with Gasteiger partial charge >= 0.3 is 0 Å². The van der Waals surface area contributed by atoms with Gasteiger partial charge in [-0.3, -0.25) is 4.90 Å². The van der Waals surface area contributed by atoms with Crippen molar-refractivity contribution in [3.63, 3.8) is 0 Å². The van der Waals surface area contributed by atoms with Crippen molar-refractivity contribution in [3.8, 4) is 11.6 Å². The molecule has 0 saturated carbocycles. The van der Waals surface area contributed by atoms with E-state index in [9.17, 15) is 8.42 Å². The lowest BCUT2D eigenvalue weighted by molar-refractivity contribution is 0.242. The van der Waals surface area contributed by atoms with Gasteiger partial charge in [0, 0.05) is 12.6 Å². The van der Waals surface area contributed by atoms with Crippen LogP contribution in [0.1, 0.15) is 37.8 Å². The van der Waals surface area contributed by atoms with Crippen LogP contribution in [0.3, 0.4) is 0 Å². The van der Waals surface area contributed by atoms with Crippen LogP contribution in [-0.2, 0) is 22.9 Å². The van der Waals surface area contributed by atoms with Crippen LogP contribution in [0.2, 0.25) is 0 Å². The average Bonchev–Trinajstić information content (AvgIpc) is 3.24. The van der Waals surface area contributed by atoms with Crippen LogP contribution in [0.4, 0.5) is 0 Å². The molecule has 1 fully saturated rings. The normalized spacial score (nSPS) is 19.8. The number of rotatable bonds is 7. The molecule has 2 aromatic heterocycles. The summed E-state index contributed by atoms with van der Waals surface area (Å²) in [6.45, 7) is 5.42. The molecule has 3 rings (SSSR count). The molecule has 0 radical (unpaired) electrons. The molecule has 138 valence electrons. The van der Waals surface area contributed by atoms with E-state index >= 15 is 0 Å². The molecule has 0 N–H and O–H groups in total. The molecule has 0 aromatic carbocycles. The Hall–Kier alpha value is -1.67. The van der Waals surface area contributed by atoms with E-state index in [1.807, 2.05) is 30.8 Å². The first-order valence-corrected chi connectivity index (χ1v) is 10.6. The van der Waals surface area contributed by atoms with E-state index in [1.165, 1.54) is 0 Å². The minimum Gasteiger partial charge on any atom is -0.458 e. The smallest absolute Gasteiger partial charge is 0.217 e. The summed E-state index contributed by atoms with van der Waals surface area (Å²) in [5.74, 6) is 3.45. The van der Waals surface area contributed by atoms with E-state index in [4.69, 9.17) is 4.42 Å². The van der Waals surface area contributed by atoms with Gasteiger partial charge in [-0.25, -0.2) is 18.1 Å². The standard InChI is InChI=1S/C17H26N4O3S/c1-4-5-9-21-16(11-20(3)14-8-10-25(22,23)12-14)18-17(19-21)15-7-6-13(2)24-15/h6-7,14H,4-5,8-12H2,1-3H3/t14-/m0/s1. The molecule has 1 saturated heterocycles. The van der Waals surface area contributed by atoms with Gasteiger partial charge in [0.2, 0.25) is 5.82 Å². The summed E-state index contributed by atoms with van der Waals surface area (Å²) >= 11 is 0. The Kier molecular flexibility index (Phi) is 5.29. The maximum absolute atomic E-state index is 11.7. The summed E-state index contributed by atoms with van der Waals surface area (Å²) in [6.07, 6.45) is 2.78. The van der Waals surface area contributed by atoms with Crippen LogP contribution in [0, 0.1) is 6.92 Å². The summed E-state index contributed by atoms with van der Waals surface area (Å²) < 4.78 is 31.0. The van der Waals surface area contributed by atoms with Gasteiger partial charge in [-0.15, -0.1) is 5.10 Å². The number of hydrogen-bond acceptors (Lipinski definition) is 6. The van der Waals surface area contributed by atoms with Crippen molar-refractivity contribution in [2.45, 2.75) is 52.2 Å². The third-order valence-corrected chi connectivity index (χ3v) is 6.41. The van der Waals surface area contributed by atoms with Crippen LogP contribution in [0.15, 0.2) is 16.5 Å². The van der Waals surface area contributed by atoms with Gasteiger partial charge in [0.25, 0.3) is 0 Å². The highest BCUT2D eigenvalue weighted by Crippen LogP contribution is 2.22. The second-order valence-electron chi connectivity index (χ2n) is 6.81. The molecule has 2 aromatic rings. The van der Waals surface area contributed by atoms with E-state index in [0.717, 1.165) is 31.0 Å². The molecule has 0 spiro atoms. The molecule has 0 bridgehead atoms. The van der Waals surface area contributed by atoms with Gasteiger partial charge < -0.3 is 4.42 Å². The van der Waals surface area contributed by atoms with Crippen molar-refractivity contribution in [2.75, 3.05) is 18.6 Å². The number of nitrogens with zero attached hydrogens (tertiary/aromatic N) is 4. The first-order chi connectivity index (χ1) is 11.9. The number of aromatic nitrogens is 3. The number of aryl methyl sites for hydroxylation is 2. The van der Waals surface area contributed by atoms with Gasteiger partial charge in [-0.2, -0.15) is 0 Å². The fourth-order valence-corrected chi connectivity index (χ4v) is 4.92. The van der Waals surface area contributed by atoms with Gasteiger partial charge in [0.15, 0.2) is 15.6 Å². The number of sulfone groups is 1. The Balaban J connectivity index is 1.79. The number of hydrogen-bond donors (Lipinski definition) is 0. The van der Waals surface area contributed by atoms with Crippen molar-refractivity contribution in [2.24, 2.45) is 0 Å². The van der Waals surface area contributed by atoms with Gasteiger partial charge in [0.05, 0.1) is 18.1 Å². The SMILES string of the molecule is CCCCn1nc(-c2ccc(C)o2)nc1CN(C)[C@H]1CCS(=O)(=O)C1. The maximum Gasteiger partial charge on any atom is 0.217 e. The van der Waals surface area contributed by atoms with E-state index in [2.05, 4.69) is 21.9 Å². The molecule has 1 atom stereocenters. The minimum absolute atomic E-state index is 0.0515. The molecular weight excluding hydrogens is 340 g/mol. The highest BCUT2D eigenvalue weighted by atomic mass is 32.2. The second-order valence-corrected chi connectivity index (χ2v) is 9.04. The van der Waals surface area contributed by atoms with E-state index in [-0.39, 0.29) is 17.5 Å². The summed E-state index contributed by atoms with van der Waals surface area (Å²) in [5, 5.41) is 4.61. The van der Waals surface area contributed by atoms with E-state index in [0.29, 0.717) is 24.6 Å². The summed E-state index contributed by atoms with van der Waals surface area (Å²) in [4.78, 5) is 6.74. The van der Waals surface area contributed by atoms with E-state index in [1.54, 1.807) is 0 Å². The van der Waals surface area contributed by atoms with Crippen LogP contribution in [0.25, 0.3) is 11.6 Å². The zero-order valence-electron chi connectivity index (χ0n) is 15.1. The average molecular weight is 366 g/mol. The highest BCUT2D eigenvalue weighted by Gasteiger charge is 2.31. The quantitative estimate of drug-likeness (QED) is 0.748. The highest BCUT2D eigenvalue weighted by molar-refractivity contribution is 7.91. The molecule has 7 nitrogen and oxygen atoms in total. The zero-order valence-corrected chi connectivity index (χ0v) is 15.9. The maximum atomic E-state index is 11.7. The molecule has 1 aliphatic heterocycles. The molecule has 0 aliphatic carbocycles. The summed E-state index contributed by atoms with van der Waals surface area (Å²) in [6, 6.07) is 3.83. The Morgan fingerprint density at radius 3 is 2.80 bits per heavy atom. The lowest BCUT2D eigenvalue weighted by atomic mass is 10.2. The fourth-order valence-electron chi connectivity index (χ4n) is 3.11. The lowest BCUT2D eigenvalue weighted by Gasteiger charge is -2.22. The monoisotopic (exact) mass is 366 g/mol. The lowest BCUT2D eigenvalue weighted by Crippen LogP contribution is -2.33. The molecule has 8 heteroatoms. The zero-order chi connectivity index (χ0) is 18.0. The Labute approximate surface area is 149 Å². The van der Waals surface area contributed by atoms with E-state index < -0.39 is 9.84 Å². The van der Waals surface area contributed by atoms with Crippen LogP contribution in [0.5, 0.6) is 0 Å². The largest absolute Gasteiger partial charge is 0.458 e. The number of unbranched alkanes of at least 4 members (excludes halogenated alkanes) is 1. The Bertz CT molecular complexity index is 825.